The van der Waals surface area contributed by atoms with Gasteiger partial charge in [-0.05, 0) is 55.0 Å². The minimum Gasteiger partial charge on any atom is -0.338 e. The third kappa shape index (κ3) is 4.17. The van der Waals surface area contributed by atoms with E-state index in [9.17, 15) is 18.8 Å². The van der Waals surface area contributed by atoms with Crippen molar-refractivity contribution in [3.63, 3.8) is 0 Å². The monoisotopic (exact) mass is 479 g/mol. The Morgan fingerprint density at radius 1 is 1.12 bits per heavy atom. The van der Waals surface area contributed by atoms with Gasteiger partial charge in [-0.15, -0.1) is 0 Å². The Balaban J connectivity index is 1.38. The summed E-state index contributed by atoms with van der Waals surface area (Å²) in [6, 6.07) is 13.5. The Labute approximate surface area is 198 Å². The molecule has 1 saturated heterocycles. The Bertz CT molecular complexity index is 1450. The van der Waals surface area contributed by atoms with Gasteiger partial charge in [-0.2, -0.15) is 0 Å². The van der Waals surface area contributed by atoms with Crippen LogP contribution in [0.25, 0.3) is 5.65 Å². The number of aromatic nitrogens is 3. The number of likely N-dealkylation sites (tertiary alicyclic amines) is 1. The molecule has 0 aliphatic carbocycles. The molecule has 4 aromatic rings. The largest absolute Gasteiger partial charge is 0.338 e. The molecule has 1 unspecified atom stereocenters. The topological polar surface area (TPSA) is 99.6 Å². The normalized spacial score (nSPS) is 15.6. The maximum absolute atomic E-state index is 13.2. The first-order valence-electron chi connectivity index (χ1n) is 10.6. The van der Waals surface area contributed by atoms with Gasteiger partial charge in [0.2, 0.25) is 0 Å². The van der Waals surface area contributed by atoms with E-state index in [-0.39, 0.29) is 28.6 Å². The van der Waals surface area contributed by atoms with Gasteiger partial charge in [0.1, 0.15) is 11.4 Å². The number of aromatic amines is 1. The lowest BCUT2D eigenvalue weighted by atomic mass is 10.0. The second kappa shape index (κ2) is 8.75. The molecule has 0 bridgehead atoms. The fraction of sp³-hybridized carbons (Fsp3) is 0.167. The van der Waals surface area contributed by atoms with Gasteiger partial charge in [0.05, 0.1) is 5.69 Å². The molecule has 5 rings (SSSR count). The zero-order chi connectivity index (χ0) is 23.8. The Kier molecular flexibility index (Phi) is 5.62. The number of benzene rings is 2. The van der Waals surface area contributed by atoms with Crippen LogP contribution >= 0.6 is 11.6 Å². The molecule has 1 fully saturated rings. The summed E-state index contributed by atoms with van der Waals surface area (Å²) in [5.74, 6) is -1.20. The van der Waals surface area contributed by atoms with Crippen molar-refractivity contribution >= 4 is 34.7 Å². The molecule has 0 radical (unpaired) electrons. The van der Waals surface area contributed by atoms with Gasteiger partial charge in [-0.25, -0.2) is 13.9 Å². The van der Waals surface area contributed by atoms with Crippen molar-refractivity contribution in [2.24, 2.45) is 0 Å². The number of anilines is 1. The van der Waals surface area contributed by atoms with Crippen LogP contribution in [0, 0.1) is 5.82 Å². The van der Waals surface area contributed by atoms with Gasteiger partial charge in [-0.1, -0.05) is 11.6 Å². The molecule has 10 heteroatoms. The van der Waals surface area contributed by atoms with E-state index in [0.717, 1.165) is 0 Å². The lowest BCUT2D eigenvalue weighted by Crippen LogP contribution is -2.28. The van der Waals surface area contributed by atoms with Crippen molar-refractivity contribution in [1.29, 1.82) is 0 Å². The average molecular weight is 480 g/mol. The first-order valence-corrected chi connectivity index (χ1v) is 11.0. The van der Waals surface area contributed by atoms with E-state index in [1.165, 1.54) is 41.0 Å². The molecule has 1 atom stereocenters. The highest BCUT2D eigenvalue weighted by atomic mass is 35.5. The predicted octanol–water partition coefficient (Wildman–Crippen LogP) is 3.70. The summed E-state index contributed by atoms with van der Waals surface area (Å²) in [4.78, 5) is 44.5. The number of nitrogens with one attached hydrogen (secondary N) is 2. The Hall–Kier alpha value is -3.98. The quantitative estimate of drug-likeness (QED) is 0.466. The van der Waals surface area contributed by atoms with Gasteiger partial charge in [-0.3, -0.25) is 19.5 Å². The second-order valence-electron chi connectivity index (χ2n) is 8.07. The number of fused-ring (bicyclic) bond motifs is 1. The van der Waals surface area contributed by atoms with E-state index in [1.54, 1.807) is 29.2 Å². The Morgan fingerprint density at radius 3 is 2.59 bits per heavy atom. The van der Waals surface area contributed by atoms with Crippen LogP contribution < -0.4 is 10.9 Å². The average Bonchev–Trinajstić information content (AvgIpc) is 3.48. The number of carbonyl (C=O) groups excluding carboxylic acids is 2. The van der Waals surface area contributed by atoms with Crippen LogP contribution in [0.3, 0.4) is 0 Å². The molecule has 8 nitrogen and oxygen atoms in total. The highest BCUT2D eigenvalue weighted by Crippen LogP contribution is 2.27. The van der Waals surface area contributed by atoms with Crippen LogP contribution in [0.15, 0.2) is 65.6 Å². The van der Waals surface area contributed by atoms with E-state index in [0.29, 0.717) is 41.5 Å². The maximum Gasteiger partial charge on any atom is 0.272 e. The highest BCUT2D eigenvalue weighted by Gasteiger charge is 2.30. The highest BCUT2D eigenvalue weighted by molar-refractivity contribution is 6.30. The minimum absolute atomic E-state index is 0.163. The summed E-state index contributed by atoms with van der Waals surface area (Å²) < 4.78 is 14.4. The van der Waals surface area contributed by atoms with E-state index < -0.39 is 11.7 Å². The third-order valence-electron chi connectivity index (χ3n) is 5.85. The zero-order valence-electron chi connectivity index (χ0n) is 17.8. The standard InChI is InChI=1S/C24H19ClFN5O3/c25-16-3-7-18(8-4-16)28-23(33)19-12-27-31-21(32)11-20(29-22(19)31)15-9-10-30(13-15)24(34)14-1-5-17(26)6-2-14/h1-8,11-12,15,27H,9-10,13H2,(H,28,33). The molecular weight excluding hydrogens is 461 g/mol. The van der Waals surface area contributed by atoms with Crippen LogP contribution in [0.5, 0.6) is 0 Å². The molecule has 3 heterocycles. The lowest BCUT2D eigenvalue weighted by molar-refractivity contribution is 0.0790. The van der Waals surface area contributed by atoms with Gasteiger partial charge in [0.15, 0.2) is 5.65 Å². The van der Waals surface area contributed by atoms with Crippen LogP contribution in [-0.4, -0.2) is 44.4 Å². The van der Waals surface area contributed by atoms with Crippen molar-refractivity contribution in [2.75, 3.05) is 18.4 Å². The number of rotatable bonds is 4. The van der Waals surface area contributed by atoms with Crippen molar-refractivity contribution < 1.29 is 14.0 Å². The molecule has 0 spiro atoms. The third-order valence-corrected chi connectivity index (χ3v) is 6.10. The Morgan fingerprint density at radius 2 is 1.85 bits per heavy atom. The maximum atomic E-state index is 13.2. The molecule has 2 N–H and O–H groups in total. The van der Waals surface area contributed by atoms with Crippen LogP contribution in [0.1, 0.15) is 38.7 Å². The molecule has 0 saturated carbocycles. The molecular formula is C24H19ClFN5O3. The molecule has 2 aromatic heterocycles. The fourth-order valence-corrected chi connectivity index (χ4v) is 4.19. The summed E-state index contributed by atoms with van der Waals surface area (Å²) in [6.45, 7) is 0.856. The molecule has 172 valence electrons. The molecule has 34 heavy (non-hydrogen) atoms. The molecule has 1 aliphatic heterocycles. The van der Waals surface area contributed by atoms with E-state index in [2.05, 4.69) is 15.4 Å². The number of H-pyrrole nitrogens is 1. The SMILES string of the molecule is O=C(Nc1ccc(Cl)cc1)c1c[nH]n2c(=O)cc(C3CCN(C(=O)c4ccc(F)cc4)C3)nc12. The lowest BCUT2D eigenvalue weighted by Gasteiger charge is -2.16. The first kappa shape index (κ1) is 21.8. The van der Waals surface area contributed by atoms with E-state index in [1.807, 2.05) is 0 Å². The summed E-state index contributed by atoms with van der Waals surface area (Å²) in [7, 11) is 0. The van der Waals surface area contributed by atoms with Crippen molar-refractivity contribution in [3.05, 3.63) is 98.8 Å². The van der Waals surface area contributed by atoms with Gasteiger partial charge < -0.3 is 10.2 Å². The van der Waals surface area contributed by atoms with E-state index >= 15 is 0 Å². The molecule has 2 amide bonds. The van der Waals surface area contributed by atoms with Gasteiger partial charge >= 0.3 is 0 Å². The fourth-order valence-electron chi connectivity index (χ4n) is 4.07. The summed E-state index contributed by atoms with van der Waals surface area (Å²) in [5.41, 5.74) is 1.53. The minimum atomic E-state index is -0.426. The molecule has 1 aliphatic rings. The van der Waals surface area contributed by atoms with Crippen LogP contribution in [0.4, 0.5) is 10.1 Å². The summed E-state index contributed by atoms with van der Waals surface area (Å²) in [6.07, 6.45) is 2.05. The first-order chi connectivity index (χ1) is 16.4. The van der Waals surface area contributed by atoms with E-state index in [4.69, 9.17) is 11.6 Å². The van der Waals surface area contributed by atoms with Gasteiger partial charge in [0.25, 0.3) is 17.4 Å². The number of hydrogen-bond donors (Lipinski definition) is 2. The van der Waals surface area contributed by atoms with Crippen molar-refractivity contribution in [2.45, 2.75) is 12.3 Å². The number of nitrogens with zero attached hydrogens (tertiary/aromatic N) is 3. The van der Waals surface area contributed by atoms with Gasteiger partial charge in [0, 0.05) is 47.5 Å². The number of amides is 2. The van der Waals surface area contributed by atoms with Crippen molar-refractivity contribution in [3.8, 4) is 0 Å². The number of halogens is 2. The summed E-state index contributed by atoms with van der Waals surface area (Å²) >= 11 is 5.89. The van der Waals surface area contributed by atoms with Crippen LogP contribution in [-0.2, 0) is 0 Å². The second-order valence-corrected chi connectivity index (χ2v) is 8.51. The summed E-state index contributed by atoms with van der Waals surface area (Å²) in [5, 5.41) is 6.08. The molecule has 2 aromatic carbocycles. The predicted molar refractivity (Wildman–Crippen MR) is 125 cm³/mol. The number of hydrogen-bond acceptors (Lipinski definition) is 4. The zero-order valence-corrected chi connectivity index (χ0v) is 18.6. The van der Waals surface area contributed by atoms with Crippen LogP contribution in [0.2, 0.25) is 5.02 Å². The number of carbonyl (C=O) groups is 2. The van der Waals surface area contributed by atoms with Crippen molar-refractivity contribution in [1.82, 2.24) is 19.5 Å². The smallest absolute Gasteiger partial charge is 0.272 e.